The Morgan fingerprint density at radius 1 is 1.52 bits per heavy atom. The number of allylic oxidation sites excluding steroid dienone is 4. The van der Waals surface area contributed by atoms with Gasteiger partial charge >= 0.3 is 0 Å². The molecule has 0 aromatic carbocycles. The maximum atomic E-state index is 12.1. The summed E-state index contributed by atoms with van der Waals surface area (Å²) in [4.78, 5) is 12.1. The lowest BCUT2D eigenvalue weighted by Crippen LogP contribution is -2.53. The number of hydrogen-bond acceptors (Lipinski definition) is 4. The van der Waals surface area contributed by atoms with Gasteiger partial charge in [0.05, 0.1) is 17.5 Å². The summed E-state index contributed by atoms with van der Waals surface area (Å²) < 4.78 is 5.81. The van der Waals surface area contributed by atoms with Gasteiger partial charge in [-0.2, -0.15) is 0 Å². The average Bonchev–Trinajstić information content (AvgIpc) is 2.77. The zero-order chi connectivity index (χ0) is 15.2. The van der Waals surface area contributed by atoms with Gasteiger partial charge in [-0.3, -0.25) is 4.79 Å². The van der Waals surface area contributed by atoms with E-state index in [9.17, 15) is 4.79 Å². The Balaban J connectivity index is 1.97. The van der Waals surface area contributed by atoms with E-state index in [-0.39, 0.29) is 35.4 Å². The molecule has 1 aliphatic heterocycles. The molecule has 1 saturated carbocycles. The molecule has 0 aromatic rings. The third-order valence-corrected chi connectivity index (χ3v) is 5.26. The second-order valence-corrected chi connectivity index (χ2v) is 6.33. The summed E-state index contributed by atoms with van der Waals surface area (Å²) in [7, 11) is 0. The minimum atomic E-state index is -0.444. The summed E-state index contributed by atoms with van der Waals surface area (Å²) >= 11 is 0. The Morgan fingerprint density at radius 2 is 2.29 bits per heavy atom. The molecule has 0 bridgehead atoms. The van der Waals surface area contributed by atoms with Gasteiger partial charge in [-0.15, -0.1) is 0 Å². The molecule has 21 heavy (non-hydrogen) atoms. The molecule has 1 fully saturated rings. The molecule has 3 rings (SSSR count). The molecule has 5 atom stereocenters. The molecule has 0 spiro atoms. The highest BCUT2D eigenvalue weighted by Crippen LogP contribution is 2.52. The normalized spacial score (nSPS) is 40.0. The number of nitrogens with one attached hydrogen (secondary N) is 1. The van der Waals surface area contributed by atoms with Gasteiger partial charge < -0.3 is 15.9 Å². The van der Waals surface area contributed by atoms with E-state index in [1.165, 1.54) is 5.57 Å². The van der Waals surface area contributed by atoms with Crippen molar-refractivity contribution in [2.45, 2.75) is 38.3 Å². The van der Waals surface area contributed by atoms with Crippen LogP contribution in [0.2, 0.25) is 0 Å². The lowest BCUT2D eigenvalue weighted by Gasteiger charge is -2.38. The van der Waals surface area contributed by atoms with E-state index in [2.05, 4.69) is 19.1 Å². The first-order valence-corrected chi connectivity index (χ1v) is 7.57. The first-order chi connectivity index (χ1) is 9.99. The molecule has 0 aromatic heterocycles. The minimum absolute atomic E-state index is 0.0916. The maximum absolute atomic E-state index is 12.1. The molecule has 4 heteroatoms. The van der Waals surface area contributed by atoms with Crippen LogP contribution in [0.4, 0.5) is 0 Å². The van der Waals surface area contributed by atoms with Gasteiger partial charge in [-0.05, 0) is 37.3 Å². The third-order valence-electron chi connectivity index (χ3n) is 5.26. The van der Waals surface area contributed by atoms with E-state index < -0.39 is 5.54 Å². The van der Waals surface area contributed by atoms with Gasteiger partial charge in [0.2, 0.25) is 0 Å². The van der Waals surface area contributed by atoms with E-state index >= 15 is 0 Å². The van der Waals surface area contributed by atoms with Crippen molar-refractivity contribution in [1.29, 1.82) is 5.41 Å². The average molecular weight is 286 g/mol. The predicted octanol–water partition coefficient (Wildman–Crippen LogP) is 2.36. The number of ether oxygens (including phenoxy) is 1. The molecular weight excluding hydrogens is 264 g/mol. The largest absolute Gasteiger partial charge is 0.492 e. The number of Topliss-reactive ketones (excluding diaryl/α,β-unsaturated/α-hetero) is 1. The van der Waals surface area contributed by atoms with Crippen molar-refractivity contribution in [3.8, 4) is 0 Å². The van der Waals surface area contributed by atoms with Crippen LogP contribution in [-0.2, 0) is 9.53 Å². The Kier molecular flexibility index (Phi) is 3.36. The number of nitrogens with two attached hydrogens (primary N) is 1. The van der Waals surface area contributed by atoms with Gasteiger partial charge in [0.15, 0.2) is 5.78 Å². The highest BCUT2D eigenvalue weighted by Gasteiger charge is 2.56. The Hall–Kier alpha value is -1.68. The fraction of sp³-hybridized carbons (Fsp3) is 0.529. The fourth-order valence-corrected chi connectivity index (χ4v) is 4.06. The van der Waals surface area contributed by atoms with Gasteiger partial charge in [-0.1, -0.05) is 25.2 Å². The number of ketones is 1. The molecule has 3 N–H and O–H groups in total. The summed E-state index contributed by atoms with van der Waals surface area (Å²) in [5.74, 6) is 0.134. The molecule has 4 nitrogen and oxygen atoms in total. The molecule has 0 amide bonds. The summed E-state index contributed by atoms with van der Waals surface area (Å²) in [5.41, 5.74) is 7.61. The minimum Gasteiger partial charge on any atom is -0.492 e. The van der Waals surface area contributed by atoms with Crippen LogP contribution in [0.5, 0.6) is 0 Å². The third kappa shape index (κ3) is 2.01. The fourth-order valence-electron chi connectivity index (χ4n) is 4.06. The smallest absolute Gasteiger partial charge is 0.182 e. The molecular formula is C17H22N2O2. The van der Waals surface area contributed by atoms with Crippen molar-refractivity contribution in [3.63, 3.8) is 0 Å². The number of rotatable bonds is 3. The molecule has 2 aliphatic carbocycles. The monoisotopic (exact) mass is 286 g/mol. The summed E-state index contributed by atoms with van der Waals surface area (Å²) in [6.45, 7) is 3.64. The van der Waals surface area contributed by atoms with Crippen LogP contribution in [0.25, 0.3) is 0 Å². The van der Waals surface area contributed by atoms with E-state index in [4.69, 9.17) is 15.9 Å². The van der Waals surface area contributed by atoms with Crippen molar-refractivity contribution >= 4 is 11.5 Å². The number of carbonyl (C=O) groups excluding carboxylic acids is 1. The summed E-state index contributed by atoms with van der Waals surface area (Å²) in [6.07, 6.45) is 11.2. The molecule has 2 unspecified atom stereocenters. The summed E-state index contributed by atoms with van der Waals surface area (Å²) in [5, 5.41) is 7.57. The van der Waals surface area contributed by atoms with Crippen LogP contribution < -0.4 is 5.73 Å². The topological polar surface area (TPSA) is 76.2 Å². The summed E-state index contributed by atoms with van der Waals surface area (Å²) in [6, 6.07) is 0. The van der Waals surface area contributed by atoms with Crippen LogP contribution in [-0.4, -0.2) is 23.1 Å². The quantitative estimate of drug-likeness (QED) is 0.617. The number of carbonyl (C=O) groups is 1. The van der Waals surface area contributed by atoms with Gasteiger partial charge in [0.25, 0.3) is 0 Å². The second kappa shape index (κ2) is 4.95. The molecule has 0 saturated heterocycles. The zero-order valence-electron chi connectivity index (χ0n) is 12.5. The second-order valence-electron chi connectivity index (χ2n) is 6.33. The van der Waals surface area contributed by atoms with Crippen LogP contribution in [0, 0.1) is 23.2 Å². The molecule has 3 aliphatic rings. The highest BCUT2D eigenvalue weighted by molar-refractivity contribution is 6.38. The van der Waals surface area contributed by atoms with E-state index in [1.807, 2.05) is 12.2 Å². The predicted molar refractivity (Wildman–Crippen MR) is 81.9 cm³/mol. The highest BCUT2D eigenvalue weighted by atomic mass is 16.5. The van der Waals surface area contributed by atoms with Crippen molar-refractivity contribution in [1.82, 2.24) is 0 Å². The Labute approximate surface area is 125 Å². The molecule has 112 valence electrons. The van der Waals surface area contributed by atoms with Gasteiger partial charge in [-0.25, -0.2) is 0 Å². The lowest BCUT2D eigenvalue weighted by molar-refractivity contribution is -0.116. The first-order valence-electron chi connectivity index (χ1n) is 7.57. The zero-order valence-corrected chi connectivity index (χ0v) is 12.5. The lowest BCUT2D eigenvalue weighted by atomic mass is 9.71. The van der Waals surface area contributed by atoms with Gasteiger partial charge in [0, 0.05) is 11.8 Å². The number of fused-ring (bicyclic) bond motifs is 3. The SMILES string of the molecule is CCC1(N)C2C[C@H](C(=O)C(C)=N)C=C[C@@H]2C2=CC=CO[C@@H]21. The van der Waals surface area contributed by atoms with Crippen molar-refractivity contribution in [2.75, 3.05) is 0 Å². The van der Waals surface area contributed by atoms with Crippen LogP contribution >= 0.6 is 0 Å². The maximum Gasteiger partial charge on any atom is 0.182 e. The van der Waals surface area contributed by atoms with Crippen LogP contribution in [0.3, 0.4) is 0 Å². The Morgan fingerprint density at radius 3 is 2.95 bits per heavy atom. The van der Waals surface area contributed by atoms with Crippen molar-refractivity contribution in [3.05, 3.63) is 36.1 Å². The van der Waals surface area contributed by atoms with Crippen molar-refractivity contribution < 1.29 is 9.53 Å². The van der Waals surface area contributed by atoms with E-state index in [0.29, 0.717) is 6.42 Å². The van der Waals surface area contributed by atoms with Crippen LogP contribution in [0.15, 0.2) is 36.1 Å². The van der Waals surface area contributed by atoms with Crippen LogP contribution in [0.1, 0.15) is 26.7 Å². The van der Waals surface area contributed by atoms with E-state index in [1.54, 1.807) is 13.2 Å². The number of hydrogen-bond donors (Lipinski definition) is 2. The Bertz CT molecular complexity index is 575. The first kappa shape index (κ1) is 14.3. The standard InChI is InChI=1S/C17H22N2O2/c1-3-17(19)14-9-11(15(20)10(2)18)6-7-12(14)13-5-4-8-21-16(13)17/h4-8,11-12,14,16,18H,3,9,19H2,1-2H3/t11-,12-,14?,16+,17?/m1/s1. The molecule has 0 radical (unpaired) electrons. The van der Waals surface area contributed by atoms with E-state index in [0.717, 1.165) is 6.42 Å². The van der Waals surface area contributed by atoms with Crippen molar-refractivity contribution in [2.24, 2.45) is 23.5 Å². The van der Waals surface area contributed by atoms with Gasteiger partial charge in [0.1, 0.15) is 6.10 Å². The molecule has 1 heterocycles.